The SMILES string of the molecule is N=C(N)c1ccc2ccc3cccc4ccc1c2c34. The summed E-state index contributed by atoms with van der Waals surface area (Å²) in [4.78, 5) is 0. The molecule has 0 amide bonds. The number of nitrogen functional groups attached to an aromatic ring is 1. The molecule has 4 aromatic carbocycles. The summed E-state index contributed by atoms with van der Waals surface area (Å²) in [5.41, 5.74) is 6.51. The molecule has 0 heterocycles. The predicted molar refractivity (Wildman–Crippen MR) is 81.2 cm³/mol. The molecule has 2 heteroatoms. The molecule has 90 valence electrons. The second kappa shape index (κ2) is 3.45. The Bertz CT molecular complexity index is 922. The Labute approximate surface area is 110 Å². The van der Waals surface area contributed by atoms with Crippen molar-refractivity contribution in [1.29, 1.82) is 5.41 Å². The fourth-order valence-corrected chi connectivity index (χ4v) is 2.97. The zero-order chi connectivity index (χ0) is 13.0. The van der Waals surface area contributed by atoms with E-state index in [9.17, 15) is 0 Å². The molecule has 0 aliphatic carbocycles. The molecule has 4 rings (SSSR count). The van der Waals surface area contributed by atoms with Crippen molar-refractivity contribution in [2.75, 3.05) is 0 Å². The fraction of sp³-hybridized carbons (Fsp3) is 0. The molecule has 19 heavy (non-hydrogen) atoms. The van der Waals surface area contributed by atoms with Gasteiger partial charge in [0.2, 0.25) is 0 Å². The summed E-state index contributed by atoms with van der Waals surface area (Å²) in [6, 6.07) is 18.8. The minimum absolute atomic E-state index is 0.123. The van der Waals surface area contributed by atoms with Crippen LogP contribution in [-0.4, -0.2) is 5.84 Å². The molecule has 0 unspecified atom stereocenters. The van der Waals surface area contributed by atoms with Crippen molar-refractivity contribution in [2.24, 2.45) is 5.73 Å². The molecule has 0 saturated carbocycles. The van der Waals surface area contributed by atoms with Crippen molar-refractivity contribution < 1.29 is 0 Å². The topological polar surface area (TPSA) is 49.9 Å². The van der Waals surface area contributed by atoms with Gasteiger partial charge >= 0.3 is 0 Å². The molecule has 0 radical (unpaired) electrons. The largest absolute Gasteiger partial charge is 0.384 e. The molecule has 4 aromatic rings. The second-order valence-electron chi connectivity index (χ2n) is 4.88. The highest BCUT2D eigenvalue weighted by Crippen LogP contribution is 2.35. The van der Waals surface area contributed by atoms with E-state index in [4.69, 9.17) is 11.1 Å². The van der Waals surface area contributed by atoms with E-state index in [1.807, 2.05) is 12.1 Å². The number of amidine groups is 1. The molecule has 0 saturated heterocycles. The van der Waals surface area contributed by atoms with E-state index in [0.717, 1.165) is 10.9 Å². The van der Waals surface area contributed by atoms with Crippen molar-refractivity contribution in [3.63, 3.8) is 0 Å². The summed E-state index contributed by atoms with van der Waals surface area (Å²) in [6.45, 7) is 0. The first kappa shape index (κ1) is 10.3. The summed E-state index contributed by atoms with van der Waals surface area (Å²) in [6.07, 6.45) is 0. The fourth-order valence-electron chi connectivity index (χ4n) is 2.97. The van der Waals surface area contributed by atoms with Crippen LogP contribution in [0.4, 0.5) is 0 Å². The van der Waals surface area contributed by atoms with Gasteiger partial charge in [0.1, 0.15) is 5.84 Å². The molecule has 2 nitrogen and oxygen atoms in total. The zero-order valence-electron chi connectivity index (χ0n) is 10.3. The van der Waals surface area contributed by atoms with Crippen molar-refractivity contribution in [3.8, 4) is 0 Å². The molecule has 0 aliphatic heterocycles. The van der Waals surface area contributed by atoms with Crippen molar-refractivity contribution in [2.45, 2.75) is 0 Å². The average molecular weight is 244 g/mol. The Hall–Kier alpha value is -2.61. The second-order valence-corrected chi connectivity index (χ2v) is 4.88. The van der Waals surface area contributed by atoms with Crippen LogP contribution in [0, 0.1) is 5.41 Å². The maximum atomic E-state index is 7.73. The molecular formula is C17H12N2. The van der Waals surface area contributed by atoms with Crippen LogP contribution in [0.15, 0.2) is 54.6 Å². The molecule has 3 N–H and O–H groups in total. The van der Waals surface area contributed by atoms with Crippen LogP contribution in [0.1, 0.15) is 5.56 Å². The first-order valence-corrected chi connectivity index (χ1v) is 6.26. The number of nitrogens with two attached hydrogens (primary N) is 1. The van der Waals surface area contributed by atoms with Crippen LogP contribution in [0.5, 0.6) is 0 Å². The van der Waals surface area contributed by atoms with Gasteiger partial charge in [0.15, 0.2) is 0 Å². The number of nitrogens with one attached hydrogen (secondary N) is 1. The first-order chi connectivity index (χ1) is 9.25. The van der Waals surface area contributed by atoms with Gasteiger partial charge in [-0.1, -0.05) is 54.6 Å². The summed E-state index contributed by atoms with van der Waals surface area (Å²) in [5.74, 6) is 0.123. The molecule has 0 aliphatic rings. The Morgan fingerprint density at radius 1 is 0.737 bits per heavy atom. The lowest BCUT2D eigenvalue weighted by Crippen LogP contribution is -2.11. The molecule has 0 atom stereocenters. The lowest BCUT2D eigenvalue weighted by molar-refractivity contribution is 1.44. The van der Waals surface area contributed by atoms with Gasteiger partial charge in [-0.15, -0.1) is 0 Å². The van der Waals surface area contributed by atoms with Gasteiger partial charge in [0.05, 0.1) is 0 Å². The Balaban J connectivity index is 2.38. The molecule has 0 bridgehead atoms. The monoisotopic (exact) mass is 244 g/mol. The summed E-state index contributed by atoms with van der Waals surface area (Å²) < 4.78 is 0. The highest BCUT2D eigenvalue weighted by molar-refractivity contribution is 6.26. The summed E-state index contributed by atoms with van der Waals surface area (Å²) in [5, 5.41) is 14.9. The van der Waals surface area contributed by atoms with Crippen LogP contribution in [0.2, 0.25) is 0 Å². The lowest BCUT2D eigenvalue weighted by Gasteiger charge is -2.12. The maximum absolute atomic E-state index is 7.73. The highest BCUT2D eigenvalue weighted by atomic mass is 14.7. The Kier molecular flexibility index (Phi) is 1.88. The first-order valence-electron chi connectivity index (χ1n) is 6.26. The average Bonchev–Trinajstić information content (AvgIpc) is 2.44. The lowest BCUT2D eigenvalue weighted by atomic mass is 9.92. The van der Waals surface area contributed by atoms with Crippen molar-refractivity contribution in [3.05, 3.63) is 60.2 Å². The van der Waals surface area contributed by atoms with E-state index in [-0.39, 0.29) is 5.84 Å². The summed E-state index contributed by atoms with van der Waals surface area (Å²) in [7, 11) is 0. The smallest absolute Gasteiger partial charge is 0.123 e. The molecular weight excluding hydrogens is 232 g/mol. The van der Waals surface area contributed by atoms with Gasteiger partial charge in [-0.05, 0) is 32.3 Å². The van der Waals surface area contributed by atoms with Gasteiger partial charge < -0.3 is 5.73 Å². The Morgan fingerprint density at radius 2 is 1.32 bits per heavy atom. The quantitative estimate of drug-likeness (QED) is 0.298. The van der Waals surface area contributed by atoms with E-state index in [1.165, 1.54) is 26.9 Å². The van der Waals surface area contributed by atoms with Gasteiger partial charge in [-0.25, -0.2) is 0 Å². The minimum atomic E-state index is 0.123. The van der Waals surface area contributed by atoms with Crippen LogP contribution >= 0.6 is 0 Å². The van der Waals surface area contributed by atoms with Crippen molar-refractivity contribution in [1.82, 2.24) is 0 Å². The summed E-state index contributed by atoms with van der Waals surface area (Å²) >= 11 is 0. The maximum Gasteiger partial charge on any atom is 0.123 e. The molecule has 0 aromatic heterocycles. The van der Waals surface area contributed by atoms with Crippen LogP contribution < -0.4 is 5.73 Å². The van der Waals surface area contributed by atoms with E-state index >= 15 is 0 Å². The Morgan fingerprint density at radius 3 is 2.00 bits per heavy atom. The predicted octanol–water partition coefficient (Wildman–Crippen LogP) is 3.87. The van der Waals surface area contributed by atoms with E-state index in [1.54, 1.807) is 0 Å². The van der Waals surface area contributed by atoms with Gasteiger partial charge in [-0.3, -0.25) is 5.41 Å². The number of rotatable bonds is 1. The van der Waals surface area contributed by atoms with E-state index < -0.39 is 0 Å². The third-order valence-electron chi connectivity index (χ3n) is 3.82. The molecule has 0 fully saturated rings. The van der Waals surface area contributed by atoms with Gasteiger partial charge in [0.25, 0.3) is 0 Å². The van der Waals surface area contributed by atoms with Crippen molar-refractivity contribution >= 4 is 38.2 Å². The van der Waals surface area contributed by atoms with E-state index in [2.05, 4.69) is 42.5 Å². The molecule has 0 spiro atoms. The standard InChI is InChI=1S/C17H12N2/c18-17(19)14-9-7-12-5-4-10-2-1-3-11-6-8-13(14)16(12)15(10)11/h1-9H,(H3,18,19). The van der Waals surface area contributed by atoms with Gasteiger partial charge in [0, 0.05) is 5.56 Å². The van der Waals surface area contributed by atoms with Crippen LogP contribution in [0.3, 0.4) is 0 Å². The normalized spacial score (nSPS) is 11.6. The third-order valence-corrected chi connectivity index (χ3v) is 3.82. The van der Waals surface area contributed by atoms with Gasteiger partial charge in [-0.2, -0.15) is 0 Å². The minimum Gasteiger partial charge on any atom is -0.384 e. The number of benzene rings is 4. The number of hydrogen-bond donors (Lipinski definition) is 2. The third kappa shape index (κ3) is 1.28. The highest BCUT2D eigenvalue weighted by Gasteiger charge is 2.11. The van der Waals surface area contributed by atoms with Crippen LogP contribution in [0.25, 0.3) is 32.3 Å². The van der Waals surface area contributed by atoms with Crippen LogP contribution in [-0.2, 0) is 0 Å². The zero-order valence-corrected chi connectivity index (χ0v) is 10.3. The van der Waals surface area contributed by atoms with E-state index in [0.29, 0.717) is 0 Å². The number of hydrogen-bond acceptors (Lipinski definition) is 1.